The molecule has 0 aromatic carbocycles. The minimum absolute atomic E-state index is 0.301. The lowest BCUT2D eigenvalue weighted by molar-refractivity contribution is 0.242. The van der Waals surface area contributed by atoms with Crippen LogP contribution in [0.5, 0.6) is 0 Å². The summed E-state index contributed by atoms with van der Waals surface area (Å²) in [6.07, 6.45) is 1.98. The van der Waals surface area contributed by atoms with Gasteiger partial charge in [-0.1, -0.05) is 25.1 Å². The number of hydrogen-bond donors (Lipinski definition) is 3. The van der Waals surface area contributed by atoms with Crippen LogP contribution < -0.4 is 16.2 Å². The van der Waals surface area contributed by atoms with Crippen molar-refractivity contribution >= 4 is 34.5 Å². The van der Waals surface area contributed by atoms with E-state index in [9.17, 15) is 4.79 Å². The Balaban J connectivity index is 2.24. The van der Waals surface area contributed by atoms with Crippen molar-refractivity contribution < 1.29 is 4.79 Å². The minimum Gasteiger partial charge on any atom is -0.337 e. The number of urea groups is 1. The number of hydrazine groups is 1. The highest BCUT2D eigenvalue weighted by atomic mass is 32.2. The monoisotopic (exact) mass is 286 g/mol. The zero-order chi connectivity index (χ0) is 13.2. The standard InChI is InChI=1S/C9H14N6OS2/c1-2-3-5-11-7(16)13-14-8-12-9(15-18-8)17-6-4-10/h2-3,5-6H2,1H3,(H2,11,13,16)(H,12,14,15). The Morgan fingerprint density at radius 1 is 1.61 bits per heavy atom. The Morgan fingerprint density at radius 3 is 3.17 bits per heavy atom. The Kier molecular flexibility index (Phi) is 6.90. The SMILES string of the molecule is CCCCNC(=O)NNc1nc(SCC#N)ns1. The number of unbranched alkanes of at least 4 members (excludes halogenated alkanes) is 1. The number of anilines is 1. The summed E-state index contributed by atoms with van der Waals surface area (Å²) in [5.74, 6) is 0.307. The van der Waals surface area contributed by atoms with Crippen LogP contribution in [-0.4, -0.2) is 27.7 Å². The van der Waals surface area contributed by atoms with E-state index in [0.717, 1.165) is 24.4 Å². The second kappa shape index (κ2) is 8.54. The number of rotatable bonds is 7. The molecule has 0 aliphatic rings. The molecule has 0 bridgehead atoms. The first-order valence-electron chi connectivity index (χ1n) is 5.39. The van der Waals surface area contributed by atoms with Crippen LogP contribution in [0.4, 0.5) is 9.93 Å². The Labute approximate surface area is 114 Å². The maximum Gasteiger partial charge on any atom is 0.333 e. The third-order valence-corrected chi connectivity index (χ3v) is 3.23. The molecule has 18 heavy (non-hydrogen) atoms. The van der Waals surface area contributed by atoms with E-state index in [-0.39, 0.29) is 6.03 Å². The average Bonchev–Trinajstić information content (AvgIpc) is 2.82. The number of hydrogen-bond acceptors (Lipinski definition) is 7. The molecule has 0 saturated heterocycles. The molecule has 3 N–H and O–H groups in total. The summed E-state index contributed by atoms with van der Waals surface area (Å²) in [4.78, 5) is 15.4. The van der Waals surface area contributed by atoms with Gasteiger partial charge >= 0.3 is 6.03 Å². The molecule has 1 heterocycles. The molecule has 0 saturated carbocycles. The molecule has 0 atom stereocenters. The predicted octanol–water partition coefficient (Wildman–Crippen LogP) is 1.58. The molecule has 9 heteroatoms. The molecule has 1 aromatic heterocycles. The van der Waals surface area contributed by atoms with Crippen molar-refractivity contribution in [3.05, 3.63) is 0 Å². The maximum absolute atomic E-state index is 11.3. The van der Waals surface area contributed by atoms with Crippen molar-refractivity contribution in [2.24, 2.45) is 0 Å². The van der Waals surface area contributed by atoms with E-state index >= 15 is 0 Å². The summed E-state index contributed by atoms with van der Waals surface area (Å²) in [5.41, 5.74) is 5.12. The minimum atomic E-state index is -0.301. The van der Waals surface area contributed by atoms with Gasteiger partial charge in [0.2, 0.25) is 10.3 Å². The molecular formula is C9H14N6OS2. The normalized spacial score (nSPS) is 9.56. The highest BCUT2D eigenvalue weighted by molar-refractivity contribution is 7.99. The summed E-state index contributed by atoms with van der Waals surface area (Å²) in [5, 5.41) is 12.1. The summed E-state index contributed by atoms with van der Waals surface area (Å²) >= 11 is 2.38. The molecule has 0 fully saturated rings. The summed E-state index contributed by atoms with van der Waals surface area (Å²) in [6, 6.07) is 1.69. The molecule has 2 amide bonds. The van der Waals surface area contributed by atoms with Crippen molar-refractivity contribution in [2.45, 2.75) is 24.9 Å². The number of amides is 2. The van der Waals surface area contributed by atoms with Crippen LogP contribution in [-0.2, 0) is 0 Å². The number of carbonyl (C=O) groups excluding carboxylic acids is 1. The summed E-state index contributed by atoms with van der Waals surface area (Å²) in [7, 11) is 0. The number of nitrogens with zero attached hydrogens (tertiary/aromatic N) is 3. The molecule has 98 valence electrons. The first-order valence-corrected chi connectivity index (χ1v) is 7.15. The molecule has 0 spiro atoms. The molecule has 1 rings (SSSR count). The Bertz CT molecular complexity index is 415. The lowest BCUT2D eigenvalue weighted by Gasteiger charge is -2.06. The van der Waals surface area contributed by atoms with E-state index in [4.69, 9.17) is 5.26 Å². The van der Waals surface area contributed by atoms with E-state index in [0.29, 0.717) is 22.6 Å². The van der Waals surface area contributed by atoms with E-state index < -0.39 is 0 Å². The van der Waals surface area contributed by atoms with E-state index in [1.54, 1.807) is 0 Å². The molecule has 7 nitrogen and oxygen atoms in total. The summed E-state index contributed by atoms with van der Waals surface area (Å²) < 4.78 is 4.02. The molecule has 0 aliphatic heterocycles. The second-order valence-corrected chi connectivity index (χ2v) is 4.88. The van der Waals surface area contributed by atoms with E-state index in [1.165, 1.54) is 11.8 Å². The number of thioether (sulfide) groups is 1. The van der Waals surface area contributed by atoms with Crippen LogP contribution >= 0.6 is 23.3 Å². The quantitative estimate of drug-likeness (QED) is 0.399. The van der Waals surface area contributed by atoms with Crippen molar-refractivity contribution in [3.63, 3.8) is 0 Å². The topological polar surface area (TPSA) is 103 Å². The highest BCUT2D eigenvalue weighted by Gasteiger charge is 2.05. The van der Waals surface area contributed by atoms with Gasteiger partial charge in [0.25, 0.3) is 0 Å². The van der Waals surface area contributed by atoms with Gasteiger partial charge in [0.05, 0.1) is 11.8 Å². The number of carbonyl (C=O) groups is 1. The second-order valence-electron chi connectivity index (χ2n) is 3.19. The van der Waals surface area contributed by atoms with Crippen molar-refractivity contribution in [1.29, 1.82) is 5.26 Å². The van der Waals surface area contributed by atoms with Gasteiger partial charge in [0.15, 0.2) is 0 Å². The number of aromatic nitrogens is 2. The lowest BCUT2D eigenvalue weighted by Crippen LogP contribution is -2.39. The molecule has 0 aliphatic carbocycles. The van der Waals surface area contributed by atoms with Crippen LogP contribution in [0.1, 0.15) is 19.8 Å². The Morgan fingerprint density at radius 2 is 2.44 bits per heavy atom. The van der Waals surface area contributed by atoms with Crippen LogP contribution in [0, 0.1) is 11.3 Å². The fraction of sp³-hybridized carbons (Fsp3) is 0.556. The first kappa shape index (κ1) is 14.5. The average molecular weight is 286 g/mol. The van der Waals surface area contributed by atoms with Crippen LogP contribution in [0.3, 0.4) is 0 Å². The van der Waals surface area contributed by atoms with Crippen LogP contribution in [0.25, 0.3) is 0 Å². The molecule has 0 radical (unpaired) electrons. The van der Waals surface area contributed by atoms with Gasteiger partial charge in [0, 0.05) is 18.1 Å². The largest absolute Gasteiger partial charge is 0.337 e. The number of nitrogens with one attached hydrogen (secondary N) is 3. The van der Waals surface area contributed by atoms with Gasteiger partial charge in [-0.3, -0.25) is 5.43 Å². The smallest absolute Gasteiger partial charge is 0.333 e. The molecule has 0 unspecified atom stereocenters. The third kappa shape index (κ3) is 5.70. The Hall–Kier alpha value is -1.53. The maximum atomic E-state index is 11.3. The molecule has 1 aromatic rings. The van der Waals surface area contributed by atoms with Gasteiger partial charge < -0.3 is 5.32 Å². The zero-order valence-corrected chi connectivity index (χ0v) is 11.5. The predicted molar refractivity (Wildman–Crippen MR) is 71.3 cm³/mol. The third-order valence-electron chi connectivity index (χ3n) is 1.77. The lowest BCUT2D eigenvalue weighted by atomic mass is 10.3. The van der Waals surface area contributed by atoms with Crippen molar-refractivity contribution in [3.8, 4) is 6.07 Å². The summed E-state index contributed by atoms with van der Waals surface area (Å²) in [6.45, 7) is 2.70. The van der Waals surface area contributed by atoms with Crippen LogP contribution in [0.2, 0.25) is 0 Å². The van der Waals surface area contributed by atoms with E-state index in [1.807, 2.05) is 6.07 Å². The van der Waals surface area contributed by atoms with Gasteiger partial charge in [0.1, 0.15) is 0 Å². The van der Waals surface area contributed by atoms with Gasteiger partial charge in [-0.05, 0) is 6.42 Å². The first-order chi connectivity index (χ1) is 8.76. The van der Waals surface area contributed by atoms with Gasteiger partial charge in [-0.15, -0.1) is 0 Å². The van der Waals surface area contributed by atoms with Crippen molar-refractivity contribution in [1.82, 2.24) is 20.1 Å². The number of nitriles is 1. The molecular weight excluding hydrogens is 272 g/mol. The highest BCUT2D eigenvalue weighted by Crippen LogP contribution is 2.18. The van der Waals surface area contributed by atoms with E-state index in [2.05, 4.69) is 32.4 Å². The van der Waals surface area contributed by atoms with Crippen LogP contribution in [0.15, 0.2) is 5.16 Å². The van der Waals surface area contributed by atoms with Gasteiger partial charge in [-0.2, -0.15) is 14.6 Å². The van der Waals surface area contributed by atoms with Gasteiger partial charge in [-0.25, -0.2) is 10.2 Å². The fourth-order valence-corrected chi connectivity index (χ4v) is 2.11. The zero-order valence-electron chi connectivity index (χ0n) is 9.89. The van der Waals surface area contributed by atoms with Crippen molar-refractivity contribution in [2.75, 3.05) is 17.7 Å². The fourth-order valence-electron chi connectivity index (χ4n) is 0.949.